The molecule has 27 heavy (non-hydrogen) atoms. The molecule has 148 valence electrons. The van der Waals surface area contributed by atoms with Crippen molar-refractivity contribution in [2.45, 2.75) is 80.7 Å². The lowest BCUT2D eigenvalue weighted by Gasteiger charge is -2.26. The smallest absolute Gasteiger partial charge is 0.164 e. The van der Waals surface area contributed by atoms with Crippen molar-refractivity contribution in [2.75, 3.05) is 5.75 Å². The number of aliphatic hydroxyl groups excluding tert-OH is 1. The molecule has 2 saturated heterocycles. The van der Waals surface area contributed by atoms with Crippen molar-refractivity contribution in [1.29, 1.82) is 0 Å². The molecule has 1 aromatic heterocycles. The van der Waals surface area contributed by atoms with Crippen LogP contribution in [0.4, 0.5) is 0 Å². The summed E-state index contributed by atoms with van der Waals surface area (Å²) in [6.45, 7) is 5.98. The van der Waals surface area contributed by atoms with E-state index >= 15 is 0 Å². The van der Waals surface area contributed by atoms with E-state index in [-0.39, 0.29) is 24.4 Å². The molecule has 2 fully saturated rings. The largest absolute Gasteiger partial charge is 0.390 e. The number of hydrogen-bond acceptors (Lipinski definition) is 7. The van der Waals surface area contributed by atoms with Gasteiger partial charge in [-0.15, -0.1) is 11.3 Å². The normalized spacial score (nSPS) is 30.7. The summed E-state index contributed by atoms with van der Waals surface area (Å²) in [4.78, 5) is 4.69. The van der Waals surface area contributed by atoms with Crippen molar-refractivity contribution in [3.05, 3.63) is 24.3 Å². The molecule has 5 atom stereocenters. The molecule has 1 N–H and O–H groups in total. The van der Waals surface area contributed by atoms with Gasteiger partial charge in [0.2, 0.25) is 0 Å². The van der Waals surface area contributed by atoms with E-state index in [1.807, 2.05) is 32.0 Å². The van der Waals surface area contributed by atoms with Crippen LogP contribution < -0.4 is 0 Å². The minimum absolute atomic E-state index is 0.116. The van der Waals surface area contributed by atoms with Crippen molar-refractivity contribution in [1.82, 2.24) is 4.98 Å². The lowest BCUT2D eigenvalue weighted by Crippen LogP contribution is -2.38. The number of para-hydroxylation sites is 1. The van der Waals surface area contributed by atoms with Crippen LogP contribution in [-0.4, -0.2) is 52.2 Å². The van der Waals surface area contributed by atoms with E-state index in [4.69, 9.17) is 14.2 Å². The van der Waals surface area contributed by atoms with Crippen LogP contribution in [0.15, 0.2) is 28.6 Å². The molecule has 2 aliphatic rings. The maximum Gasteiger partial charge on any atom is 0.164 e. The van der Waals surface area contributed by atoms with E-state index in [0.29, 0.717) is 0 Å². The predicted molar refractivity (Wildman–Crippen MR) is 108 cm³/mol. The highest BCUT2D eigenvalue weighted by Gasteiger charge is 2.56. The molecule has 0 amide bonds. The van der Waals surface area contributed by atoms with Gasteiger partial charge in [0.1, 0.15) is 18.3 Å². The van der Waals surface area contributed by atoms with Gasteiger partial charge in [-0.3, -0.25) is 0 Å². The van der Waals surface area contributed by atoms with Gasteiger partial charge in [0.05, 0.1) is 22.4 Å². The first-order valence-electron chi connectivity index (χ1n) is 9.64. The SMILES string of the molecule is CCCC[C@@H](O)[C@@H]1OC(CSc2nc3ccccc3s2)[C@@H]2OC(C)(C)O[C@H]12. The highest BCUT2D eigenvalue weighted by atomic mass is 32.2. The van der Waals surface area contributed by atoms with Gasteiger partial charge in [0, 0.05) is 5.75 Å². The molecule has 0 saturated carbocycles. The number of thioether (sulfide) groups is 1. The Hall–Kier alpha value is -0.700. The fourth-order valence-electron chi connectivity index (χ4n) is 3.80. The molecular formula is C20H27NO4S2. The predicted octanol–water partition coefficient (Wildman–Crippen LogP) is 4.23. The first-order valence-corrected chi connectivity index (χ1v) is 11.4. The zero-order valence-corrected chi connectivity index (χ0v) is 17.6. The minimum atomic E-state index is -0.638. The molecule has 3 heterocycles. The Bertz CT molecular complexity index is 747. The van der Waals surface area contributed by atoms with Gasteiger partial charge < -0.3 is 19.3 Å². The van der Waals surface area contributed by atoms with Crippen LogP contribution in [-0.2, 0) is 14.2 Å². The van der Waals surface area contributed by atoms with Crippen molar-refractivity contribution < 1.29 is 19.3 Å². The maximum absolute atomic E-state index is 10.6. The number of thiazole rings is 1. The average Bonchev–Trinajstić information content (AvgIpc) is 3.28. The number of ether oxygens (including phenoxy) is 3. The highest BCUT2D eigenvalue weighted by molar-refractivity contribution is 8.01. The van der Waals surface area contributed by atoms with Gasteiger partial charge in [-0.05, 0) is 32.4 Å². The summed E-state index contributed by atoms with van der Waals surface area (Å²) >= 11 is 3.39. The summed E-state index contributed by atoms with van der Waals surface area (Å²) in [6.07, 6.45) is 1.43. The second kappa shape index (κ2) is 7.97. The lowest BCUT2D eigenvalue weighted by molar-refractivity contribution is -0.194. The number of benzene rings is 1. The van der Waals surface area contributed by atoms with E-state index in [1.54, 1.807) is 23.1 Å². The molecule has 0 spiro atoms. The molecule has 7 heteroatoms. The molecule has 0 radical (unpaired) electrons. The van der Waals surface area contributed by atoms with Gasteiger partial charge in [-0.25, -0.2) is 4.98 Å². The van der Waals surface area contributed by atoms with Crippen molar-refractivity contribution >= 4 is 33.3 Å². The highest BCUT2D eigenvalue weighted by Crippen LogP contribution is 2.42. The van der Waals surface area contributed by atoms with E-state index < -0.39 is 11.9 Å². The maximum atomic E-state index is 10.6. The summed E-state index contributed by atoms with van der Waals surface area (Å²) < 4.78 is 20.7. The van der Waals surface area contributed by atoms with Crippen LogP contribution in [0.3, 0.4) is 0 Å². The Morgan fingerprint density at radius 3 is 2.81 bits per heavy atom. The fraction of sp³-hybridized carbons (Fsp3) is 0.650. The van der Waals surface area contributed by atoms with Gasteiger partial charge >= 0.3 is 0 Å². The second-order valence-electron chi connectivity index (χ2n) is 7.67. The molecule has 0 bridgehead atoms. The Morgan fingerprint density at radius 2 is 2.04 bits per heavy atom. The van der Waals surface area contributed by atoms with Crippen molar-refractivity contribution in [3.63, 3.8) is 0 Å². The topological polar surface area (TPSA) is 60.8 Å². The molecule has 4 rings (SSSR count). The van der Waals surface area contributed by atoms with Crippen LogP contribution in [0.1, 0.15) is 40.0 Å². The molecular weight excluding hydrogens is 382 g/mol. The third-order valence-corrected chi connectivity index (χ3v) is 7.33. The van der Waals surface area contributed by atoms with Crippen LogP contribution in [0.5, 0.6) is 0 Å². The summed E-state index contributed by atoms with van der Waals surface area (Å²) in [6, 6.07) is 8.17. The third-order valence-electron chi connectivity index (χ3n) is 5.06. The Kier molecular flexibility index (Phi) is 5.79. The minimum Gasteiger partial charge on any atom is -0.390 e. The Labute approximate surface area is 168 Å². The Balaban J connectivity index is 1.45. The van der Waals surface area contributed by atoms with Gasteiger partial charge in [-0.1, -0.05) is 43.7 Å². The molecule has 2 aliphatic heterocycles. The average molecular weight is 410 g/mol. The number of aromatic nitrogens is 1. The van der Waals surface area contributed by atoms with Crippen LogP contribution in [0, 0.1) is 0 Å². The zero-order valence-electron chi connectivity index (χ0n) is 16.0. The molecule has 0 aliphatic carbocycles. The molecule has 1 unspecified atom stereocenters. The first kappa shape index (κ1) is 19.6. The number of unbranched alkanes of at least 4 members (excludes halogenated alkanes) is 1. The van der Waals surface area contributed by atoms with Gasteiger partial charge in [0.15, 0.2) is 10.1 Å². The molecule has 1 aromatic carbocycles. The number of nitrogens with zero attached hydrogens (tertiary/aromatic N) is 1. The number of hydrogen-bond donors (Lipinski definition) is 1. The van der Waals surface area contributed by atoms with Crippen LogP contribution in [0.2, 0.25) is 0 Å². The van der Waals surface area contributed by atoms with Crippen molar-refractivity contribution in [2.24, 2.45) is 0 Å². The summed E-state index contributed by atoms with van der Waals surface area (Å²) in [7, 11) is 0. The standard InChI is InChI=1S/C20H27NO4S2/c1-4-5-9-13(22)16-18-17(24-20(2,3)25-18)14(23-16)11-26-19-21-12-8-6-7-10-15(12)27-19/h6-8,10,13-14,16-18,22H,4-5,9,11H2,1-3H3/t13-,14?,16+,17+,18-/m1/s1. The zero-order chi connectivity index (χ0) is 19.0. The van der Waals surface area contributed by atoms with Gasteiger partial charge in [0.25, 0.3) is 0 Å². The quantitative estimate of drug-likeness (QED) is 0.691. The Morgan fingerprint density at radius 1 is 1.26 bits per heavy atom. The summed E-state index contributed by atoms with van der Waals surface area (Å²) in [5.74, 6) is 0.0953. The number of fused-ring (bicyclic) bond motifs is 2. The van der Waals surface area contributed by atoms with E-state index in [0.717, 1.165) is 34.9 Å². The van der Waals surface area contributed by atoms with Crippen molar-refractivity contribution in [3.8, 4) is 0 Å². The second-order valence-corrected chi connectivity index (χ2v) is 9.97. The lowest BCUT2D eigenvalue weighted by atomic mass is 10.0. The van der Waals surface area contributed by atoms with Gasteiger partial charge in [-0.2, -0.15) is 0 Å². The molecule has 5 nitrogen and oxygen atoms in total. The third kappa shape index (κ3) is 4.18. The number of aliphatic hydroxyl groups is 1. The monoisotopic (exact) mass is 409 g/mol. The van der Waals surface area contributed by atoms with Crippen LogP contribution >= 0.6 is 23.1 Å². The van der Waals surface area contributed by atoms with E-state index in [1.165, 1.54) is 4.70 Å². The van der Waals surface area contributed by atoms with E-state index in [9.17, 15) is 5.11 Å². The van der Waals surface area contributed by atoms with Crippen LogP contribution in [0.25, 0.3) is 10.2 Å². The fourth-order valence-corrected chi connectivity index (χ4v) is 5.95. The molecule has 2 aromatic rings. The summed E-state index contributed by atoms with van der Waals surface area (Å²) in [5, 5.41) is 10.6. The first-order chi connectivity index (χ1) is 13.0. The summed E-state index contributed by atoms with van der Waals surface area (Å²) in [5.41, 5.74) is 1.03. The van der Waals surface area contributed by atoms with E-state index in [2.05, 4.69) is 18.0 Å². The number of rotatable bonds is 7.